The van der Waals surface area contributed by atoms with E-state index in [9.17, 15) is 22.4 Å². The van der Waals surface area contributed by atoms with Gasteiger partial charge in [-0.05, 0) is 18.6 Å². The van der Waals surface area contributed by atoms with Gasteiger partial charge in [-0.15, -0.1) is 0 Å². The van der Waals surface area contributed by atoms with Gasteiger partial charge in [0.2, 0.25) is 0 Å². The molecule has 142 valence electrons. The standard InChI is InChI=1S/C18H20F4N2O2/c1-10-8-23-16(17(2,3)4)24(10)9-11-6-7-12(19)13(15(25)26-5)14(11)18(20,21)22/h6-8H,9H2,1-5H3. The minimum atomic E-state index is -4.92. The van der Waals surface area contributed by atoms with Crippen molar-refractivity contribution in [3.63, 3.8) is 0 Å². The number of imidazole rings is 1. The lowest BCUT2D eigenvalue weighted by atomic mass is 9.95. The van der Waals surface area contributed by atoms with E-state index in [-0.39, 0.29) is 12.1 Å². The summed E-state index contributed by atoms with van der Waals surface area (Å²) in [5.41, 5.74) is -2.40. The summed E-state index contributed by atoms with van der Waals surface area (Å²) in [6.45, 7) is 7.19. The van der Waals surface area contributed by atoms with Crippen LogP contribution in [0.1, 0.15) is 53.8 Å². The number of ether oxygens (including phenoxy) is 1. The highest BCUT2D eigenvalue weighted by Crippen LogP contribution is 2.37. The van der Waals surface area contributed by atoms with E-state index in [1.165, 1.54) is 0 Å². The van der Waals surface area contributed by atoms with Crippen molar-refractivity contribution >= 4 is 5.97 Å². The predicted molar refractivity (Wildman–Crippen MR) is 87.5 cm³/mol. The average Bonchev–Trinajstić information content (AvgIpc) is 2.88. The number of carbonyl (C=O) groups excluding carboxylic acids is 1. The second kappa shape index (κ2) is 6.74. The molecule has 0 atom stereocenters. The van der Waals surface area contributed by atoms with Gasteiger partial charge in [0.05, 0.1) is 12.7 Å². The Morgan fingerprint density at radius 3 is 2.35 bits per heavy atom. The van der Waals surface area contributed by atoms with Crippen molar-refractivity contribution < 1.29 is 27.1 Å². The third kappa shape index (κ3) is 3.73. The van der Waals surface area contributed by atoms with Crippen molar-refractivity contribution in [1.82, 2.24) is 9.55 Å². The van der Waals surface area contributed by atoms with Crippen LogP contribution in [-0.2, 0) is 22.9 Å². The van der Waals surface area contributed by atoms with E-state index in [1.807, 2.05) is 20.8 Å². The number of aromatic nitrogens is 2. The normalized spacial score (nSPS) is 12.3. The van der Waals surface area contributed by atoms with Crippen LogP contribution in [0.4, 0.5) is 17.6 Å². The molecule has 0 fully saturated rings. The van der Waals surface area contributed by atoms with Crippen LogP contribution < -0.4 is 0 Å². The Hall–Kier alpha value is -2.38. The molecular formula is C18H20F4N2O2. The van der Waals surface area contributed by atoms with Gasteiger partial charge in [0.25, 0.3) is 0 Å². The molecule has 0 radical (unpaired) electrons. The zero-order chi connectivity index (χ0) is 19.9. The highest BCUT2D eigenvalue weighted by atomic mass is 19.4. The molecule has 0 amide bonds. The summed E-state index contributed by atoms with van der Waals surface area (Å²) < 4.78 is 60.9. The SMILES string of the molecule is COC(=O)c1c(F)ccc(Cn2c(C)cnc2C(C)(C)C)c1C(F)(F)F. The van der Waals surface area contributed by atoms with Crippen LogP contribution >= 0.6 is 0 Å². The molecule has 0 aliphatic heterocycles. The molecule has 0 aliphatic carbocycles. The zero-order valence-corrected chi connectivity index (χ0v) is 15.2. The van der Waals surface area contributed by atoms with Crippen molar-refractivity contribution in [1.29, 1.82) is 0 Å². The summed E-state index contributed by atoms with van der Waals surface area (Å²) in [4.78, 5) is 16.1. The van der Waals surface area contributed by atoms with Crippen LogP contribution in [0.5, 0.6) is 0 Å². The monoisotopic (exact) mass is 372 g/mol. The van der Waals surface area contributed by atoms with E-state index >= 15 is 0 Å². The van der Waals surface area contributed by atoms with Gasteiger partial charge >= 0.3 is 12.1 Å². The Kier molecular flexibility index (Phi) is 5.17. The van der Waals surface area contributed by atoms with Gasteiger partial charge in [0, 0.05) is 23.9 Å². The van der Waals surface area contributed by atoms with E-state index in [4.69, 9.17) is 0 Å². The molecule has 2 rings (SSSR count). The predicted octanol–water partition coefficient (Wildman–Crippen LogP) is 4.48. The van der Waals surface area contributed by atoms with Crippen molar-refractivity contribution in [2.24, 2.45) is 0 Å². The number of benzene rings is 1. The summed E-state index contributed by atoms with van der Waals surface area (Å²) in [7, 11) is 0.909. The zero-order valence-electron chi connectivity index (χ0n) is 15.2. The van der Waals surface area contributed by atoms with Crippen LogP contribution in [0.3, 0.4) is 0 Å². The minimum Gasteiger partial charge on any atom is -0.465 e. The topological polar surface area (TPSA) is 44.1 Å². The quantitative estimate of drug-likeness (QED) is 0.589. The number of alkyl halides is 3. The Morgan fingerprint density at radius 2 is 1.85 bits per heavy atom. The van der Waals surface area contributed by atoms with Crippen LogP contribution in [0.2, 0.25) is 0 Å². The third-order valence-electron chi connectivity index (χ3n) is 3.97. The molecule has 26 heavy (non-hydrogen) atoms. The van der Waals surface area contributed by atoms with Crippen LogP contribution in [0, 0.1) is 12.7 Å². The molecule has 0 unspecified atom stereocenters. The summed E-state index contributed by atoms with van der Waals surface area (Å²) in [5, 5.41) is 0. The Bertz CT molecular complexity index is 833. The number of nitrogens with zero attached hydrogens (tertiary/aromatic N) is 2. The highest BCUT2D eigenvalue weighted by Gasteiger charge is 2.40. The Labute approximate surface area is 148 Å². The molecule has 1 heterocycles. The van der Waals surface area contributed by atoms with E-state index in [2.05, 4.69) is 9.72 Å². The second-order valence-electron chi connectivity index (χ2n) is 7.01. The number of carbonyl (C=O) groups is 1. The molecular weight excluding hydrogens is 352 g/mol. The maximum absolute atomic E-state index is 14.0. The molecule has 0 aliphatic rings. The molecule has 4 nitrogen and oxygen atoms in total. The van der Waals surface area contributed by atoms with Gasteiger partial charge in [-0.25, -0.2) is 14.2 Å². The first-order chi connectivity index (χ1) is 11.9. The van der Waals surface area contributed by atoms with Crippen molar-refractivity contribution in [2.45, 2.75) is 45.8 Å². The molecule has 0 N–H and O–H groups in total. The maximum Gasteiger partial charge on any atom is 0.417 e. The molecule has 0 saturated heterocycles. The molecule has 1 aromatic carbocycles. The number of hydrogen-bond donors (Lipinski definition) is 0. The number of esters is 1. The van der Waals surface area contributed by atoms with E-state index in [1.54, 1.807) is 17.7 Å². The fourth-order valence-corrected chi connectivity index (χ4v) is 2.81. The maximum atomic E-state index is 14.0. The summed E-state index contributed by atoms with van der Waals surface area (Å²) in [6, 6.07) is 1.89. The van der Waals surface area contributed by atoms with Gasteiger partial charge in [0.15, 0.2) is 0 Å². The van der Waals surface area contributed by atoms with Gasteiger partial charge < -0.3 is 9.30 Å². The van der Waals surface area contributed by atoms with Crippen LogP contribution in [0.25, 0.3) is 0 Å². The summed E-state index contributed by atoms with van der Waals surface area (Å²) in [6.07, 6.45) is -3.35. The average molecular weight is 372 g/mol. The van der Waals surface area contributed by atoms with Crippen molar-refractivity contribution in [3.05, 3.63) is 52.4 Å². The van der Waals surface area contributed by atoms with Crippen molar-refractivity contribution in [3.8, 4) is 0 Å². The summed E-state index contributed by atoms with van der Waals surface area (Å²) in [5.74, 6) is -2.05. The largest absolute Gasteiger partial charge is 0.465 e. The first-order valence-electron chi connectivity index (χ1n) is 7.87. The Morgan fingerprint density at radius 1 is 1.23 bits per heavy atom. The molecule has 8 heteroatoms. The third-order valence-corrected chi connectivity index (χ3v) is 3.97. The van der Waals surface area contributed by atoms with E-state index in [0.717, 1.165) is 19.2 Å². The Balaban J connectivity index is 2.70. The lowest BCUT2D eigenvalue weighted by molar-refractivity contribution is -0.139. The fraction of sp³-hybridized carbons (Fsp3) is 0.444. The number of methoxy groups -OCH3 is 1. The molecule has 1 aromatic heterocycles. The second-order valence-corrected chi connectivity index (χ2v) is 7.01. The number of halogens is 4. The highest BCUT2D eigenvalue weighted by molar-refractivity contribution is 5.92. The fourth-order valence-electron chi connectivity index (χ4n) is 2.81. The molecule has 0 saturated carbocycles. The summed E-state index contributed by atoms with van der Waals surface area (Å²) >= 11 is 0. The first kappa shape index (κ1) is 19.9. The number of aryl methyl sites for hydroxylation is 1. The van der Waals surface area contributed by atoms with Gasteiger partial charge in [-0.1, -0.05) is 26.8 Å². The smallest absolute Gasteiger partial charge is 0.417 e. The van der Waals surface area contributed by atoms with Crippen LogP contribution in [0.15, 0.2) is 18.3 Å². The molecule has 0 bridgehead atoms. The van der Waals surface area contributed by atoms with Gasteiger partial charge in [-0.2, -0.15) is 13.2 Å². The number of rotatable bonds is 3. The van der Waals surface area contributed by atoms with E-state index in [0.29, 0.717) is 11.5 Å². The van der Waals surface area contributed by atoms with E-state index < -0.39 is 34.5 Å². The lowest BCUT2D eigenvalue weighted by Gasteiger charge is -2.23. The van der Waals surface area contributed by atoms with Gasteiger partial charge in [-0.3, -0.25) is 0 Å². The van der Waals surface area contributed by atoms with Gasteiger partial charge in [0.1, 0.15) is 17.2 Å². The minimum absolute atomic E-state index is 0.197. The molecule has 0 spiro atoms. The first-order valence-corrected chi connectivity index (χ1v) is 7.87. The number of hydrogen-bond acceptors (Lipinski definition) is 3. The van der Waals surface area contributed by atoms with Crippen LogP contribution in [-0.4, -0.2) is 22.6 Å². The lowest BCUT2D eigenvalue weighted by Crippen LogP contribution is -2.23. The van der Waals surface area contributed by atoms with Crippen molar-refractivity contribution in [2.75, 3.05) is 7.11 Å². The molecule has 2 aromatic rings.